The predicted octanol–water partition coefficient (Wildman–Crippen LogP) is 2.17. The largest absolute Gasteiger partial charge is 0.399 e. The number of carbonyl (C=O) groups is 1. The van der Waals surface area contributed by atoms with Crippen molar-refractivity contribution in [2.75, 3.05) is 5.73 Å². The molecule has 16 heavy (non-hydrogen) atoms. The standard InChI is InChI=1S/C13H14N2O/c14-9-13(6-4-12(16)5-7-13)10-2-1-3-11(15)8-10/h1-3,8H,4-7,15H2. The van der Waals surface area contributed by atoms with Gasteiger partial charge in [0.25, 0.3) is 0 Å². The van der Waals surface area contributed by atoms with Gasteiger partial charge in [-0.2, -0.15) is 5.26 Å². The number of nitrogens with two attached hydrogens (primary N) is 1. The van der Waals surface area contributed by atoms with Crippen molar-refractivity contribution in [3.63, 3.8) is 0 Å². The van der Waals surface area contributed by atoms with Crippen LogP contribution in [0.5, 0.6) is 0 Å². The molecule has 1 fully saturated rings. The van der Waals surface area contributed by atoms with Crippen LogP contribution in [-0.4, -0.2) is 5.78 Å². The molecule has 1 aliphatic carbocycles. The van der Waals surface area contributed by atoms with Crippen LogP contribution >= 0.6 is 0 Å². The summed E-state index contributed by atoms with van der Waals surface area (Å²) in [4.78, 5) is 11.2. The Balaban J connectivity index is 2.36. The highest BCUT2D eigenvalue weighted by molar-refractivity contribution is 5.80. The number of Topliss-reactive ketones (excluding diaryl/α,β-unsaturated/α-hetero) is 1. The van der Waals surface area contributed by atoms with Crippen molar-refractivity contribution in [2.45, 2.75) is 31.1 Å². The molecule has 1 saturated carbocycles. The highest BCUT2D eigenvalue weighted by atomic mass is 16.1. The highest BCUT2D eigenvalue weighted by Crippen LogP contribution is 2.38. The molecule has 2 rings (SSSR count). The molecule has 0 atom stereocenters. The van der Waals surface area contributed by atoms with Crippen molar-refractivity contribution in [3.05, 3.63) is 29.8 Å². The summed E-state index contributed by atoms with van der Waals surface area (Å²) in [6.45, 7) is 0. The average molecular weight is 214 g/mol. The van der Waals surface area contributed by atoms with Gasteiger partial charge in [-0.3, -0.25) is 4.79 Å². The fourth-order valence-electron chi connectivity index (χ4n) is 2.26. The molecule has 1 aliphatic rings. The Morgan fingerprint density at radius 2 is 2.00 bits per heavy atom. The lowest BCUT2D eigenvalue weighted by Crippen LogP contribution is -2.30. The van der Waals surface area contributed by atoms with Gasteiger partial charge >= 0.3 is 0 Å². The second-order valence-electron chi connectivity index (χ2n) is 4.36. The second kappa shape index (κ2) is 3.97. The molecule has 0 spiro atoms. The molecule has 3 heteroatoms. The molecule has 1 aromatic rings. The number of nitriles is 1. The van der Waals surface area contributed by atoms with Gasteiger partial charge in [-0.25, -0.2) is 0 Å². The van der Waals surface area contributed by atoms with Gasteiger partial charge < -0.3 is 5.73 Å². The first kappa shape index (κ1) is 10.7. The summed E-state index contributed by atoms with van der Waals surface area (Å²) < 4.78 is 0. The van der Waals surface area contributed by atoms with Gasteiger partial charge in [0.1, 0.15) is 5.78 Å². The maximum Gasteiger partial charge on any atom is 0.133 e. The molecule has 2 N–H and O–H groups in total. The molecule has 0 saturated heterocycles. The average Bonchev–Trinajstić information content (AvgIpc) is 2.31. The Kier molecular flexibility index (Phi) is 2.66. The van der Waals surface area contributed by atoms with Gasteiger partial charge in [-0.05, 0) is 30.5 Å². The van der Waals surface area contributed by atoms with E-state index < -0.39 is 5.41 Å². The number of benzene rings is 1. The zero-order chi connectivity index (χ0) is 11.6. The Labute approximate surface area is 94.9 Å². The van der Waals surface area contributed by atoms with Gasteiger partial charge in [0.15, 0.2) is 0 Å². The molecular weight excluding hydrogens is 200 g/mol. The number of ketones is 1. The minimum atomic E-state index is -0.511. The van der Waals surface area contributed by atoms with Gasteiger partial charge in [-0.15, -0.1) is 0 Å². The number of hydrogen-bond acceptors (Lipinski definition) is 3. The number of nitrogens with zero attached hydrogens (tertiary/aromatic N) is 1. The SMILES string of the molecule is N#CC1(c2cccc(N)c2)CCC(=O)CC1. The summed E-state index contributed by atoms with van der Waals surface area (Å²) in [5.41, 5.74) is 6.84. The minimum Gasteiger partial charge on any atom is -0.399 e. The molecule has 0 aromatic heterocycles. The van der Waals surface area contributed by atoms with Crippen LogP contribution in [0.2, 0.25) is 0 Å². The molecule has 0 aliphatic heterocycles. The van der Waals surface area contributed by atoms with Crippen LogP contribution < -0.4 is 5.73 Å². The molecule has 0 bridgehead atoms. The van der Waals surface area contributed by atoms with Crippen molar-refractivity contribution < 1.29 is 4.79 Å². The molecule has 0 amide bonds. The van der Waals surface area contributed by atoms with Crippen LogP contribution in [0.3, 0.4) is 0 Å². The lowest BCUT2D eigenvalue weighted by Gasteiger charge is -2.30. The Morgan fingerprint density at radius 1 is 1.31 bits per heavy atom. The van der Waals surface area contributed by atoms with Crippen molar-refractivity contribution >= 4 is 11.5 Å². The van der Waals surface area contributed by atoms with Crippen LogP contribution in [0, 0.1) is 11.3 Å². The third-order valence-electron chi connectivity index (χ3n) is 3.31. The smallest absolute Gasteiger partial charge is 0.133 e. The lowest BCUT2D eigenvalue weighted by atomic mass is 9.70. The van der Waals surface area contributed by atoms with Crippen molar-refractivity contribution in [3.8, 4) is 6.07 Å². The van der Waals surface area contributed by atoms with E-state index in [4.69, 9.17) is 5.73 Å². The fraction of sp³-hybridized carbons (Fsp3) is 0.385. The minimum absolute atomic E-state index is 0.259. The van der Waals surface area contributed by atoms with E-state index in [-0.39, 0.29) is 5.78 Å². The molecule has 0 radical (unpaired) electrons. The normalized spacial score (nSPS) is 19.1. The van der Waals surface area contributed by atoms with Crippen LogP contribution in [-0.2, 0) is 10.2 Å². The maximum atomic E-state index is 11.2. The van der Waals surface area contributed by atoms with Gasteiger partial charge in [0, 0.05) is 18.5 Å². The van der Waals surface area contributed by atoms with Gasteiger partial charge in [-0.1, -0.05) is 12.1 Å². The quantitative estimate of drug-likeness (QED) is 0.728. The Bertz CT molecular complexity index is 449. The zero-order valence-corrected chi connectivity index (χ0v) is 9.07. The fourth-order valence-corrected chi connectivity index (χ4v) is 2.26. The van der Waals surface area contributed by atoms with E-state index in [0.29, 0.717) is 31.4 Å². The number of carbonyl (C=O) groups excluding carboxylic acids is 1. The van der Waals surface area contributed by atoms with E-state index in [0.717, 1.165) is 5.56 Å². The summed E-state index contributed by atoms with van der Waals surface area (Å²) in [6.07, 6.45) is 2.24. The third-order valence-corrected chi connectivity index (χ3v) is 3.31. The molecule has 82 valence electrons. The molecule has 1 aromatic carbocycles. The summed E-state index contributed by atoms with van der Waals surface area (Å²) in [7, 11) is 0. The lowest BCUT2D eigenvalue weighted by molar-refractivity contribution is -0.120. The number of hydrogen-bond donors (Lipinski definition) is 1. The van der Waals surface area contributed by atoms with Gasteiger partial charge in [0.05, 0.1) is 11.5 Å². The Hall–Kier alpha value is -1.82. The summed E-state index contributed by atoms with van der Waals surface area (Å²) in [6, 6.07) is 9.82. The molecular formula is C13H14N2O. The molecule has 0 heterocycles. The first-order valence-corrected chi connectivity index (χ1v) is 5.45. The summed E-state index contributed by atoms with van der Waals surface area (Å²) in [5.74, 6) is 0.259. The first-order chi connectivity index (χ1) is 7.66. The van der Waals surface area contributed by atoms with Crippen molar-refractivity contribution in [1.82, 2.24) is 0 Å². The number of nitrogen functional groups attached to an aromatic ring is 1. The van der Waals surface area contributed by atoms with Crippen LogP contribution in [0.25, 0.3) is 0 Å². The number of rotatable bonds is 1. The van der Waals surface area contributed by atoms with E-state index in [1.54, 1.807) is 0 Å². The van der Waals surface area contributed by atoms with E-state index in [2.05, 4.69) is 6.07 Å². The maximum absolute atomic E-state index is 11.2. The second-order valence-corrected chi connectivity index (χ2v) is 4.36. The van der Waals surface area contributed by atoms with Crippen molar-refractivity contribution in [2.24, 2.45) is 0 Å². The van der Waals surface area contributed by atoms with E-state index in [1.165, 1.54) is 0 Å². The molecule has 0 unspecified atom stereocenters. The summed E-state index contributed by atoms with van der Waals surface area (Å²) in [5, 5.41) is 9.37. The van der Waals surface area contributed by atoms with E-state index >= 15 is 0 Å². The monoisotopic (exact) mass is 214 g/mol. The van der Waals surface area contributed by atoms with Crippen LogP contribution in [0.15, 0.2) is 24.3 Å². The Morgan fingerprint density at radius 3 is 2.56 bits per heavy atom. The summed E-state index contributed by atoms with van der Waals surface area (Å²) >= 11 is 0. The van der Waals surface area contributed by atoms with Crippen LogP contribution in [0.1, 0.15) is 31.2 Å². The van der Waals surface area contributed by atoms with E-state index in [9.17, 15) is 10.1 Å². The number of anilines is 1. The van der Waals surface area contributed by atoms with Gasteiger partial charge in [0.2, 0.25) is 0 Å². The third kappa shape index (κ3) is 1.79. The highest BCUT2D eigenvalue weighted by Gasteiger charge is 2.36. The van der Waals surface area contributed by atoms with E-state index in [1.807, 2.05) is 24.3 Å². The molecule has 3 nitrogen and oxygen atoms in total. The van der Waals surface area contributed by atoms with Crippen LogP contribution in [0.4, 0.5) is 5.69 Å². The topological polar surface area (TPSA) is 66.9 Å². The first-order valence-electron chi connectivity index (χ1n) is 5.45. The predicted molar refractivity (Wildman–Crippen MR) is 61.6 cm³/mol. The van der Waals surface area contributed by atoms with Crippen molar-refractivity contribution in [1.29, 1.82) is 5.26 Å². The zero-order valence-electron chi connectivity index (χ0n) is 9.07.